The summed E-state index contributed by atoms with van der Waals surface area (Å²) in [5.74, 6) is 1.88. The van der Waals surface area contributed by atoms with Gasteiger partial charge in [0.1, 0.15) is 6.04 Å². The third-order valence-corrected chi connectivity index (χ3v) is 5.62. The summed E-state index contributed by atoms with van der Waals surface area (Å²) >= 11 is 0. The lowest BCUT2D eigenvalue weighted by Gasteiger charge is -2.45. The van der Waals surface area contributed by atoms with Gasteiger partial charge < -0.3 is 37.9 Å². The third kappa shape index (κ3) is 2.04. The van der Waals surface area contributed by atoms with Gasteiger partial charge in [-0.1, -0.05) is 24.3 Å². The number of hydrogen-bond donors (Lipinski definition) is 0. The van der Waals surface area contributed by atoms with E-state index in [2.05, 4.69) is 44.4 Å². The number of ether oxygens (including phenoxy) is 2. The summed E-state index contributed by atoms with van der Waals surface area (Å²) in [4.78, 5) is 0. The molecule has 0 amide bonds. The molecule has 2 aliphatic heterocycles. The molecule has 0 aromatic heterocycles. The summed E-state index contributed by atoms with van der Waals surface area (Å²) in [7, 11) is 4.71. The largest absolute Gasteiger partial charge is 1.00 e. The average Bonchev–Trinajstić information content (AvgIpc) is 2.98. The average molecular weight is 421 g/mol. The maximum atomic E-state index is 5.86. The topological polar surface area (TPSA) is 18.5 Å². The highest BCUT2D eigenvalue weighted by molar-refractivity contribution is 5.83. The Kier molecular flexibility index (Phi) is 3.39. The summed E-state index contributed by atoms with van der Waals surface area (Å²) in [5.41, 5.74) is 7.01. The lowest BCUT2D eigenvalue weighted by Crippen LogP contribution is -3.00. The number of quaternary nitrogens is 1. The van der Waals surface area contributed by atoms with E-state index >= 15 is 0 Å². The zero-order valence-electron chi connectivity index (χ0n) is 13.4. The Hall–Kier alpha value is -1.27. The van der Waals surface area contributed by atoms with Crippen molar-refractivity contribution in [2.24, 2.45) is 0 Å². The van der Waals surface area contributed by atoms with Crippen LogP contribution in [0.25, 0.3) is 11.1 Å². The minimum Gasteiger partial charge on any atom is -1.00 e. The molecule has 120 valence electrons. The van der Waals surface area contributed by atoms with Crippen molar-refractivity contribution in [2.75, 3.05) is 27.4 Å². The quantitative estimate of drug-likeness (QED) is 0.451. The van der Waals surface area contributed by atoms with Crippen LogP contribution in [0.5, 0.6) is 11.5 Å². The number of hydrogen-bond acceptors (Lipinski definition) is 2. The zero-order valence-corrected chi connectivity index (χ0v) is 15.6. The number of fused-ring (bicyclic) bond motifs is 4. The van der Waals surface area contributed by atoms with Crippen LogP contribution < -0.4 is 33.5 Å². The highest BCUT2D eigenvalue weighted by Gasteiger charge is 2.43. The van der Waals surface area contributed by atoms with Crippen molar-refractivity contribution < 1.29 is 37.9 Å². The van der Waals surface area contributed by atoms with Crippen molar-refractivity contribution in [3.63, 3.8) is 0 Å². The second-order valence-electron chi connectivity index (χ2n) is 7.19. The lowest BCUT2D eigenvalue weighted by atomic mass is 9.76. The second kappa shape index (κ2) is 5.11. The van der Waals surface area contributed by atoms with Gasteiger partial charge in [-0.25, -0.2) is 0 Å². The van der Waals surface area contributed by atoms with Crippen molar-refractivity contribution in [2.45, 2.75) is 18.9 Å². The van der Waals surface area contributed by atoms with E-state index in [1.807, 2.05) is 0 Å². The lowest BCUT2D eigenvalue weighted by molar-refractivity contribution is -0.923. The molecule has 2 heterocycles. The molecule has 1 atom stereocenters. The van der Waals surface area contributed by atoms with Gasteiger partial charge in [-0.3, -0.25) is 0 Å². The van der Waals surface area contributed by atoms with Crippen LogP contribution >= 0.6 is 0 Å². The molecule has 4 heteroatoms. The van der Waals surface area contributed by atoms with E-state index in [1.165, 1.54) is 34.4 Å². The highest BCUT2D eigenvalue weighted by Crippen LogP contribution is 2.54. The predicted octanol–water partition coefficient (Wildman–Crippen LogP) is 0.316. The van der Waals surface area contributed by atoms with E-state index in [9.17, 15) is 0 Å². The van der Waals surface area contributed by atoms with E-state index in [1.54, 1.807) is 0 Å². The third-order valence-electron chi connectivity index (χ3n) is 5.62. The van der Waals surface area contributed by atoms with Gasteiger partial charge >= 0.3 is 0 Å². The molecule has 1 aliphatic carbocycles. The molecule has 0 radical (unpaired) electrons. The number of halogens is 1. The first-order valence-corrected chi connectivity index (χ1v) is 8.01. The fourth-order valence-electron chi connectivity index (χ4n) is 4.38. The van der Waals surface area contributed by atoms with Crippen LogP contribution in [-0.4, -0.2) is 31.9 Å². The van der Waals surface area contributed by atoms with Gasteiger partial charge in [0, 0.05) is 24.0 Å². The summed E-state index contributed by atoms with van der Waals surface area (Å²) < 4.78 is 12.6. The maximum absolute atomic E-state index is 5.86. The van der Waals surface area contributed by atoms with E-state index in [4.69, 9.17) is 9.47 Å². The van der Waals surface area contributed by atoms with Crippen LogP contribution in [0.3, 0.4) is 0 Å². The first kappa shape index (κ1) is 15.3. The van der Waals surface area contributed by atoms with E-state index in [-0.39, 0.29) is 24.0 Å². The van der Waals surface area contributed by atoms with Crippen LogP contribution in [0.4, 0.5) is 0 Å². The van der Waals surface area contributed by atoms with Crippen LogP contribution in [0.1, 0.15) is 22.7 Å². The molecular weight excluding hydrogens is 401 g/mol. The summed E-state index contributed by atoms with van der Waals surface area (Å²) in [5, 5.41) is 0. The number of likely N-dealkylation sites (N-methyl/N-ethyl adjacent to an activating group) is 1. The molecule has 23 heavy (non-hydrogen) atoms. The van der Waals surface area contributed by atoms with Crippen molar-refractivity contribution in [1.82, 2.24) is 0 Å². The first-order valence-electron chi connectivity index (χ1n) is 8.01. The van der Waals surface area contributed by atoms with Crippen LogP contribution in [0.2, 0.25) is 0 Å². The molecule has 3 aliphatic rings. The van der Waals surface area contributed by atoms with Gasteiger partial charge in [0.25, 0.3) is 0 Å². The molecule has 0 saturated carbocycles. The Morgan fingerprint density at radius 1 is 1.09 bits per heavy atom. The summed E-state index contributed by atoms with van der Waals surface area (Å²) in [6.07, 6.45) is 2.23. The highest BCUT2D eigenvalue weighted by atomic mass is 127. The fourth-order valence-corrected chi connectivity index (χ4v) is 4.38. The molecule has 2 aromatic carbocycles. The van der Waals surface area contributed by atoms with E-state index in [0.717, 1.165) is 28.8 Å². The van der Waals surface area contributed by atoms with Gasteiger partial charge in [-0.05, 0) is 22.8 Å². The maximum Gasteiger partial charge on any atom is 0.231 e. The van der Waals surface area contributed by atoms with Crippen LogP contribution in [0, 0.1) is 0 Å². The van der Waals surface area contributed by atoms with Gasteiger partial charge in [0.05, 0.1) is 20.6 Å². The van der Waals surface area contributed by atoms with Crippen molar-refractivity contribution in [1.29, 1.82) is 0 Å². The minimum atomic E-state index is 0. The summed E-state index contributed by atoms with van der Waals surface area (Å²) in [6.45, 7) is 1.52. The molecule has 0 fully saturated rings. The second-order valence-corrected chi connectivity index (χ2v) is 7.19. The van der Waals surface area contributed by atoms with Crippen LogP contribution in [0.15, 0.2) is 30.3 Å². The molecule has 5 rings (SSSR count). The SMILES string of the molecule is C[N+]1(C)CCc2cc3c(c4c2C1Cc1ccccc1-4)OCO3.[I-]. The van der Waals surface area contributed by atoms with Crippen molar-refractivity contribution >= 4 is 0 Å². The molecule has 2 aromatic rings. The van der Waals surface area contributed by atoms with Crippen molar-refractivity contribution in [3.8, 4) is 22.6 Å². The standard InChI is InChI=1S/C19H20NO2.HI/c1-20(2)8-7-13-10-16-19(22-11-21-16)18-14-6-4-3-5-12(14)9-15(20)17(13)18;/h3-6,10,15H,7-9,11H2,1-2H3;1H/q+1;/p-1. The van der Waals surface area contributed by atoms with Gasteiger partial charge in [0.15, 0.2) is 11.5 Å². The number of rotatable bonds is 0. The number of benzene rings is 2. The Balaban J connectivity index is 0.00000135. The Morgan fingerprint density at radius 3 is 2.78 bits per heavy atom. The monoisotopic (exact) mass is 421 g/mol. The molecule has 3 nitrogen and oxygen atoms in total. The van der Waals surface area contributed by atoms with E-state index < -0.39 is 0 Å². The normalized spacial score (nSPS) is 21.9. The molecule has 0 bridgehead atoms. The molecule has 1 unspecified atom stereocenters. The predicted molar refractivity (Wildman–Crippen MR) is 85.1 cm³/mol. The molecule has 0 saturated heterocycles. The fraction of sp³-hybridized carbons (Fsp3) is 0.368. The Labute approximate surface area is 153 Å². The Bertz CT molecular complexity index is 800. The smallest absolute Gasteiger partial charge is 0.231 e. The molecular formula is C19H20INO2. The Morgan fingerprint density at radius 2 is 1.91 bits per heavy atom. The molecule has 0 N–H and O–H groups in total. The van der Waals surface area contributed by atoms with E-state index in [0.29, 0.717) is 12.8 Å². The molecule has 0 spiro atoms. The zero-order chi connectivity index (χ0) is 14.9. The van der Waals surface area contributed by atoms with Gasteiger partial charge in [-0.15, -0.1) is 0 Å². The first-order chi connectivity index (χ1) is 10.6. The minimum absolute atomic E-state index is 0. The van der Waals surface area contributed by atoms with Crippen molar-refractivity contribution in [3.05, 3.63) is 47.0 Å². The van der Waals surface area contributed by atoms with Gasteiger partial charge in [-0.2, -0.15) is 0 Å². The summed E-state index contributed by atoms with van der Waals surface area (Å²) in [6, 6.07) is 11.5. The number of nitrogens with zero attached hydrogens (tertiary/aromatic N) is 1. The van der Waals surface area contributed by atoms with Crippen LogP contribution in [-0.2, 0) is 12.8 Å². The van der Waals surface area contributed by atoms with Gasteiger partial charge in [0.2, 0.25) is 6.79 Å².